The van der Waals surface area contributed by atoms with Crippen molar-refractivity contribution >= 4 is 26.2 Å². The van der Waals surface area contributed by atoms with Crippen LogP contribution >= 0.6 is 0 Å². The van der Waals surface area contributed by atoms with Crippen molar-refractivity contribution < 1.29 is 13.4 Å². The minimum Gasteiger partial charge on any atom is -0.324 e. The number of quaternary nitrogens is 3. The molecule has 0 saturated heterocycles. The SMILES string of the molecule is CCCC[N+](CCCC)(CCCC)CCCC.CCCC[N+](CCCC)(CCCC)CCCC.CCCC[N+](CCCC)(CCCC)CCCC.[Bi+2]. The van der Waals surface area contributed by atoms with E-state index in [2.05, 4.69) is 83.1 Å². The van der Waals surface area contributed by atoms with Crippen LogP contribution in [0.5, 0.6) is 0 Å². The summed E-state index contributed by atoms with van der Waals surface area (Å²) >= 11 is 0. The number of unbranched alkanes of at least 4 members (excludes halogenated alkanes) is 12. The van der Waals surface area contributed by atoms with Crippen LogP contribution in [0.4, 0.5) is 0 Å². The smallest absolute Gasteiger partial charge is 0.324 e. The number of hydrogen-bond donors (Lipinski definition) is 0. The van der Waals surface area contributed by atoms with Crippen molar-refractivity contribution in [2.24, 2.45) is 0 Å². The van der Waals surface area contributed by atoms with Crippen molar-refractivity contribution in [2.45, 2.75) is 237 Å². The molecule has 3 radical (unpaired) electrons. The van der Waals surface area contributed by atoms with E-state index < -0.39 is 0 Å². The third-order valence-corrected chi connectivity index (χ3v) is 11.8. The van der Waals surface area contributed by atoms with E-state index in [-0.39, 0.29) is 26.2 Å². The van der Waals surface area contributed by atoms with Crippen LogP contribution in [0, 0.1) is 0 Å². The van der Waals surface area contributed by atoms with Gasteiger partial charge in [0, 0.05) is 0 Å². The minimum absolute atomic E-state index is 0. The van der Waals surface area contributed by atoms with Gasteiger partial charge in [-0.25, -0.2) is 0 Å². The van der Waals surface area contributed by atoms with Gasteiger partial charge in [-0.1, -0.05) is 160 Å². The van der Waals surface area contributed by atoms with E-state index >= 15 is 0 Å². The second-order valence-electron chi connectivity index (χ2n) is 17.0. The molecule has 0 aromatic carbocycles. The maximum absolute atomic E-state index is 2.33. The Morgan fingerprint density at radius 2 is 0.250 bits per heavy atom. The Hall–Kier alpha value is 0.763. The van der Waals surface area contributed by atoms with Gasteiger partial charge >= 0.3 is 26.2 Å². The van der Waals surface area contributed by atoms with Crippen LogP contribution < -0.4 is 0 Å². The molecular weight excluding hydrogens is 828 g/mol. The zero-order chi connectivity index (χ0) is 39.0. The van der Waals surface area contributed by atoms with E-state index in [1.807, 2.05) is 0 Å². The van der Waals surface area contributed by atoms with Crippen molar-refractivity contribution in [3.8, 4) is 0 Å². The molecule has 0 aliphatic rings. The number of rotatable bonds is 36. The summed E-state index contributed by atoms with van der Waals surface area (Å²) in [6.45, 7) is 45.1. The topological polar surface area (TPSA) is 0 Å². The molecule has 4 heteroatoms. The predicted octanol–water partition coefficient (Wildman–Crippen LogP) is 14.6. The molecule has 315 valence electrons. The van der Waals surface area contributed by atoms with Crippen molar-refractivity contribution in [1.82, 2.24) is 0 Å². The first kappa shape index (κ1) is 59.5. The Balaban J connectivity index is -0.000000329. The first-order valence-electron chi connectivity index (χ1n) is 24.3. The summed E-state index contributed by atoms with van der Waals surface area (Å²) in [5.41, 5.74) is 0. The van der Waals surface area contributed by atoms with Crippen molar-refractivity contribution in [3.05, 3.63) is 0 Å². The number of hydrogen-bond acceptors (Lipinski definition) is 0. The molecule has 0 spiro atoms. The molecule has 0 aliphatic carbocycles. The van der Waals surface area contributed by atoms with Crippen LogP contribution in [0.2, 0.25) is 0 Å². The summed E-state index contributed by atoms with van der Waals surface area (Å²) in [6, 6.07) is 0. The molecule has 0 bridgehead atoms. The zero-order valence-corrected chi connectivity index (χ0v) is 42.7. The van der Waals surface area contributed by atoms with E-state index in [1.165, 1.54) is 246 Å². The van der Waals surface area contributed by atoms with Gasteiger partial charge in [-0.05, 0) is 77.0 Å². The van der Waals surface area contributed by atoms with Gasteiger partial charge in [0.05, 0.1) is 78.5 Å². The fourth-order valence-corrected chi connectivity index (χ4v) is 7.93. The van der Waals surface area contributed by atoms with Gasteiger partial charge in [0.2, 0.25) is 0 Å². The number of nitrogens with zero attached hydrogens (tertiary/aromatic N) is 3. The predicted molar refractivity (Wildman–Crippen MR) is 244 cm³/mol. The molecule has 0 unspecified atom stereocenters. The largest absolute Gasteiger partial charge is 2.00 e. The molecule has 0 atom stereocenters. The van der Waals surface area contributed by atoms with Crippen LogP contribution in [0.25, 0.3) is 0 Å². The Kier molecular flexibility index (Phi) is 50.9. The molecule has 3 nitrogen and oxygen atoms in total. The molecule has 0 aromatic rings. The van der Waals surface area contributed by atoms with Gasteiger partial charge in [0.15, 0.2) is 0 Å². The van der Waals surface area contributed by atoms with Gasteiger partial charge < -0.3 is 13.4 Å². The summed E-state index contributed by atoms with van der Waals surface area (Å²) < 4.78 is 4.26. The Bertz CT molecular complexity index is 441. The van der Waals surface area contributed by atoms with Crippen LogP contribution in [0.1, 0.15) is 237 Å². The molecule has 0 N–H and O–H groups in total. The first-order chi connectivity index (χ1) is 24.7. The van der Waals surface area contributed by atoms with Gasteiger partial charge in [0.1, 0.15) is 0 Å². The van der Waals surface area contributed by atoms with E-state index in [0.717, 1.165) is 0 Å². The fourth-order valence-electron chi connectivity index (χ4n) is 7.93. The van der Waals surface area contributed by atoms with E-state index in [0.29, 0.717) is 0 Å². The molecule has 0 amide bonds. The third kappa shape index (κ3) is 34.0. The van der Waals surface area contributed by atoms with Crippen LogP contribution in [-0.2, 0) is 0 Å². The quantitative estimate of drug-likeness (QED) is 0.0434. The minimum atomic E-state index is 0. The zero-order valence-electron chi connectivity index (χ0n) is 39.2. The van der Waals surface area contributed by atoms with Gasteiger partial charge in [-0.3, -0.25) is 0 Å². The second kappa shape index (κ2) is 44.5. The normalized spacial score (nSPS) is 11.8. The average Bonchev–Trinajstić information content (AvgIpc) is 3.16. The summed E-state index contributed by atoms with van der Waals surface area (Å²) in [4.78, 5) is 0. The van der Waals surface area contributed by atoms with Crippen molar-refractivity contribution in [1.29, 1.82) is 0 Å². The van der Waals surface area contributed by atoms with Gasteiger partial charge in [-0.2, -0.15) is 0 Å². The van der Waals surface area contributed by atoms with Crippen LogP contribution in [-0.4, -0.2) is 118 Å². The monoisotopic (exact) mass is 936 g/mol. The fraction of sp³-hybridized carbons (Fsp3) is 1.00. The molecule has 0 heterocycles. The Morgan fingerprint density at radius 3 is 0.308 bits per heavy atom. The molecule has 0 saturated carbocycles. The standard InChI is InChI=1S/3C16H36N.Bi/c3*1-5-9-13-17(14-10-6-2,15-11-7-3)16-12-8-4;/h3*5-16H2,1-4H3;/q3*+1;+2. The van der Waals surface area contributed by atoms with Crippen molar-refractivity contribution in [3.63, 3.8) is 0 Å². The van der Waals surface area contributed by atoms with Crippen LogP contribution in [0.3, 0.4) is 0 Å². The third-order valence-electron chi connectivity index (χ3n) is 11.8. The maximum atomic E-state index is 2.33. The summed E-state index contributed by atoms with van der Waals surface area (Å²) in [7, 11) is 0. The molecule has 52 heavy (non-hydrogen) atoms. The maximum Gasteiger partial charge on any atom is 2.00 e. The molecule has 0 aromatic heterocycles. The molecule has 0 rings (SSSR count). The van der Waals surface area contributed by atoms with E-state index in [9.17, 15) is 0 Å². The Labute approximate surface area is 353 Å². The summed E-state index contributed by atoms with van der Waals surface area (Å²) in [6.07, 6.45) is 33.2. The van der Waals surface area contributed by atoms with Crippen LogP contribution in [0.15, 0.2) is 0 Å². The summed E-state index contributed by atoms with van der Waals surface area (Å²) in [5.74, 6) is 0. The molecular formula is C48H108BiN3+5. The Morgan fingerprint density at radius 1 is 0.173 bits per heavy atom. The average molecular weight is 936 g/mol. The second-order valence-corrected chi connectivity index (χ2v) is 17.0. The van der Waals surface area contributed by atoms with Gasteiger partial charge in [-0.15, -0.1) is 0 Å². The van der Waals surface area contributed by atoms with Gasteiger partial charge in [0.25, 0.3) is 0 Å². The molecule has 0 fully saturated rings. The van der Waals surface area contributed by atoms with E-state index in [4.69, 9.17) is 0 Å². The van der Waals surface area contributed by atoms with E-state index in [1.54, 1.807) is 0 Å². The first-order valence-corrected chi connectivity index (χ1v) is 24.3. The van der Waals surface area contributed by atoms with Crippen molar-refractivity contribution in [2.75, 3.05) is 78.5 Å². The summed E-state index contributed by atoms with van der Waals surface area (Å²) in [5, 5.41) is 0. The molecule has 0 aliphatic heterocycles.